The van der Waals surface area contributed by atoms with Crippen LogP contribution in [0, 0.1) is 5.92 Å². The van der Waals surface area contributed by atoms with Crippen molar-refractivity contribution in [1.82, 2.24) is 5.32 Å². The maximum absolute atomic E-state index is 6.22. The van der Waals surface area contributed by atoms with Crippen LogP contribution in [0.4, 0.5) is 0 Å². The quantitative estimate of drug-likeness (QED) is 0.852. The van der Waals surface area contributed by atoms with Crippen LogP contribution in [-0.2, 0) is 0 Å². The monoisotopic (exact) mass is 261 g/mol. The lowest BCUT2D eigenvalue weighted by Gasteiger charge is -2.29. The minimum absolute atomic E-state index is 0.402. The summed E-state index contributed by atoms with van der Waals surface area (Å²) < 4.78 is 6.22. The fraction of sp³-hybridized carbons (Fsp3) is 0.647. The minimum Gasteiger partial charge on any atom is -0.490 e. The van der Waals surface area contributed by atoms with Crippen LogP contribution in [0.3, 0.4) is 0 Å². The van der Waals surface area contributed by atoms with Crippen molar-refractivity contribution in [2.24, 2.45) is 5.92 Å². The molecule has 19 heavy (non-hydrogen) atoms. The summed E-state index contributed by atoms with van der Waals surface area (Å²) in [6, 6.07) is 9.01. The van der Waals surface area contributed by atoms with Crippen molar-refractivity contribution in [3.05, 3.63) is 29.8 Å². The number of hydrogen-bond acceptors (Lipinski definition) is 2. The van der Waals surface area contributed by atoms with Gasteiger partial charge in [-0.15, -0.1) is 0 Å². The van der Waals surface area contributed by atoms with Gasteiger partial charge in [0.15, 0.2) is 0 Å². The molecule has 2 nitrogen and oxygen atoms in total. The van der Waals surface area contributed by atoms with Gasteiger partial charge in [0.1, 0.15) is 11.9 Å². The fourth-order valence-electron chi connectivity index (χ4n) is 3.04. The van der Waals surface area contributed by atoms with Gasteiger partial charge in [0.25, 0.3) is 0 Å². The summed E-state index contributed by atoms with van der Waals surface area (Å²) in [5.41, 5.74) is 1.32. The first kappa shape index (κ1) is 14.4. The molecule has 1 aromatic carbocycles. The zero-order valence-corrected chi connectivity index (χ0v) is 12.5. The van der Waals surface area contributed by atoms with E-state index >= 15 is 0 Å². The highest BCUT2D eigenvalue weighted by atomic mass is 16.5. The summed E-state index contributed by atoms with van der Waals surface area (Å²) in [4.78, 5) is 0. The molecule has 1 aromatic rings. The Morgan fingerprint density at radius 3 is 2.79 bits per heavy atom. The van der Waals surface area contributed by atoms with Crippen LogP contribution >= 0.6 is 0 Å². The molecule has 3 atom stereocenters. The molecule has 0 spiro atoms. The third kappa shape index (κ3) is 3.73. The first-order valence-electron chi connectivity index (χ1n) is 7.68. The molecular formula is C17H27NO. The highest BCUT2D eigenvalue weighted by Crippen LogP contribution is 2.29. The van der Waals surface area contributed by atoms with Crippen LogP contribution in [-0.4, -0.2) is 13.2 Å². The molecule has 2 rings (SSSR count). The van der Waals surface area contributed by atoms with Gasteiger partial charge in [-0.1, -0.05) is 32.4 Å². The zero-order chi connectivity index (χ0) is 13.7. The van der Waals surface area contributed by atoms with Gasteiger partial charge in [-0.3, -0.25) is 0 Å². The van der Waals surface area contributed by atoms with Crippen molar-refractivity contribution in [1.29, 1.82) is 0 Å². The van der Waals surface area contributed by atoms with Crippen molar-refractivity contribution >= 4 is 0 Å². The Morgan fingerprint density at radius 2 is 2.11 bits per heavy atom. The Balaban J connectivity index is 2.06. The van der Waals surface area contributed by atoms with Crippen molar-refractivity contribution in [2.75, 3.05) is 7.05 Å². The Labute approximate surface area is 117 Å². The second kappa shape index (κ2) is 6.95. The molecule has 0 aromatic heterocycles. The average Bonchev–Trinajstić information content (AvgIpc) is 2.43. The van der Waals surface area contributed by atoms with E-state index in [1.54, 1.807) is 0 Å². The molecule has 1 saturated carbocycles. The molecule has 1 fully saturated rings. The van der Waals surface area contributed by atoms with Crippen LogP contribution < -0.4 is 10.1 Å². The molecule has 106 valence electrons. The van der Waals surface area contributed by atoms with Crippen LogP contribution in [0.15, 0.2) is 24.3 Å². The molecule has 1 aliphatic carbocycles. The Morgan fingerprint density at radius 1 is 1.32 bits per heavy atom. The predicted molar refractivity (Wildman–Crippen MR) is 80.6 cm³/mol. The number of benzene rings is 1. The van der Waals surface area contributed by atoms with Crippen LogP contribution in [0.1, 0.15) is 57.6 Å². The molecule has 0 radical (unpaired) electrons. The molecule has 0 saturated heterocycles. The maximum atomic E-state index is 6.22. The van der Waals surface area contributed by atoms with Gasteiger partial charge in [0.2, 0.25) is 0 Å². The summed E-state index contributed by atoms with van der Waals surface area (Å²) in [5.74, 6) is 1.72. The van der Waals surface area contributed by atoms with E-state index in [0.717, 1.165) is 12.2 Å². The van der Waals surface area contributed by atoms with Crippen molar-refractivity contribution in [3.63, 3.8) is 0 Å². The molecule has 0 amide bonds. The van der Waals surface area contributed by atoms with Crippen molar-refractivity contribution in [3.8, 4) is 5.75 Å². The average molecular weight is 261 g/mol. The molecule has 0 heterocycles. The van der Waals surface area contributed by atoms with Crippen LogP contribution in [0.2, 0.25) is 0 Å². The largest absolute Gasteiger partial charge is 0.490 e. The van der Waals surface area contributed by atoms with E-state index in [0.29, 0.717) is 18.1 Å². The summed E-state index contributed by atoms with van der Waals surface area (Å²) >= 11 is 0. The first-order chi connectivity index (χ1) is 9.24. The molecular weight excluding hydrogens is 234 g/mol. The zero-order valence-electron chi connectivity index (χ0n) is 12.5. The molecule has 0 aliphatic heterocycles. The first-order valence-corrected chi connectivity index (χ1v) is 7.68. The lowest BCUT2D eigenvalue weighted by atomic mass is 9.88. The SMILES string of the molecule is CCC(NC)c1cccc(OC2CCCCC2C)c1. The highest BCUT2D eigenvalue weighted by molar-refractivity contribution is 5.30. The number of ether oxygens (including phenoxy) is 1. The number of nitrogens with one attached hydrogen (secondary N) is 1. The maximum Gasteiger partial charge on any atom is 0.120 e. The lowest BCUT2D eigenvalue weighted by molar-refractivity contribution is 0.102. The third-order valence-electron chi connectivity index (χ3n) is 4.34. The van der Waals surface area contributed by atoms with Gasteiger partial charge in [-0.05, 0) is 56.3 Å². The number of rotatable bonds is 5. The van der Waals surface area contributed by atoms with Gasteiger partial charge in [-0.2, -0.15) is 0 Å². The van der Waals surface area contributed by atoms with Gasteiger partial charge in [-0.25, -0.2) is 0 Å². The van der Waals surface area contributed by atoms with Crippen molar-refractivity contribution < 1.29 is 4.74 Å². The molecule has 3 unspecified atom stereocenters. The second-order valence-electron chi connectivity index (χ2n) is 5.74. The number of hydrogen-bond donors (Lipinski definition) is 1. The van der Waals surface area contributed by atoms with E-state index in [4.69, 9.17) is 4.74 Å². The fourth-order valence-corrected chi connectivity index (χ4v) is 3.04. The van der Waals surface area contributed by atoms with Gasteiger partial charge in [0.05, 0.1) is 0 Å². The summed E-state index contributed by atoms with van der Waals surface area (Å²) in [6.45, 7) is 4.52. The lowest BCUT2D eigenvalue weighted by Crippen LogP contribution is -2.28. The van der Waals surface area contributed by atoms with Crippen LogP contribution in [0.5, 0.6) is 5.75 Å². The van der Waals surface area contributed by atoms with E-state index in [1.165, 1.54) is 31.2 Å². The van der Waals surface area contributed by atoms with Gasteiger partial charge >= 0.3 is 0 Å². The van der Waals surface area contributed by atoms with E-state index in [2.05, 4.69) is 43.4 Å². The molecule has 0 bridgehead atoms. The van der Waals surface area contributed by atoms with Crippen LogP contribution in [0.25, 0.3) is 0 Å². The normalized spacial score (nSPS) is 25.0. The smallest absolute Gasteiger partial charge is 0.120 e. The third-order valence-corrected chi connectivity index (χ3v) is 4.34. The van der Waals surface area contributed by atoms with Crippen molar-refractivity contribution in [2.45, 2.75) is 58.1 Å². The van der Waals surface area contributed by atoms with Gasteiger partial charge < -0.3 is 10.1 Å². The van der Waals surface area contributed by atoms with E-state index in [1.807, 2.05) is 7.05 Å². The summed E-state index contributed by atoms with van der Waals surface area (Å²) in [6.07, 6.45) is 6.67. The summed E-state index contributed by atoms with van der Waals surface area (Å²) in [5, 5.41) is 3.35. The Kier molecular flexibility index (Phi) is 5.26. The highest BCUT2D eigenvalue weighted by Gasteiger charge is 2.23. The van der Waals surface area contributed by atoms with E-state index in [9.17, 15) is 0 Å². The molecule has 2 heteroatoms. The molecule has 1 aliphatic rings. The topological polar surface area (TPSA) is 21.3 Å². The minimum atomic E-state index is 0.402. The van der Waals surface area contributed by atoms with E-state index < -0.39 is 0 Å². The van der Waals surface area contributed by atoms with E-state index in [-0.39, 0.29) is 0 Å². The standard InChI is InChI=1S/C17H27NO/c1-4-16(18-3)14-9-7-10-15(12-14)19-17-11-6-5-8-13(17)2/h7,9-10,12-13,16-18H,4-6,8,11H2,1-3H3. The van der Waals surface area contributed by atoms with Gasteiger partial charge in [0, 0.05) is 6.04 Å². The second-order valence-corrected chi connectivity index (χ2v) is 5.74. The predicted octanol–water partition coefficient (Wildman–Crippen LogP) is 4.31. The Hall–Kier alpha value is -1.02. The summed E-state index contributed by atoms with van der Waals surface area (Å²) in [7, 11) is 2.02. The molecule has 1 N–H and O–H groups in total. The Bertz CT molecular complexity index is 387.